The van der Waals surface area contributed by atoms with Crippen molar-refractivity contribution in [1.82, 2.24) is 4.90 Å². The average molecular weight is 449 g/mol. The second-order valence-electron chi connectivity index (χ2n) is 5.55. The molecule has 1 fully saturated rings. The number of methoxy groups -OCH3 is 1. The summed E-state index contributed by atoms with van der Waals surface area (Å²) in [7, 11) is 1.34. The Labute approximate surface area is 167 Å². The van der Waals surface area contributed by atoms with Crippen molar-refractivity contribution in [3.8, 4) is 5.75 Å². The zero-order chi connectivity index (χ0) is 19.6. The topological polar surface area (TPSA) is 89.8 Å². The summed E-state index contributed by atoms with van der Waals surface area (Å²) in [5.74, 6) is -0.307. The van der Waals surface area contributed by atoms with Crippen molar-refractivity contribution in [2.45, 2.75) is 6.54 Å². The molecule has 1 aliphatic rings. The molecule has 2 amide bonds. The number of thioether (sulfide) groups is 1. The molecule has 0 radical (unpaired) electrons. The minimum atomic E-state index is -0.561. The first-order valence-electron chi connectivity index (χ1n) is 7.72. The van der Waals surface area contributed by atoms with Crippen LogP contribution in [0.1, 0.15) is 11.1 Å². The normalized spacial score (nSPS) is 15.5. The lowest BCUT2D eigenvalue weighted by molar-refractivity contribution is -0.385. The largest absolute Gasteiger partial charge is 0.490 e. The Kier molecular flexibility index (Phi) is 5.62. The number of hydrogen-bond donors (Lipinski definition) is 0. The van der Waals surface area contributed by atoms with Gasteiger partial charge in [-0.1, -0.05) is 40.2 Å². The van der Waals surface area contributed by atoms with Crippen molar-refractivity contribution >= 4 is 50.6 Å². The summed E-state index contributed by atoms with van der Waals surface area (Å²) in [4.78, 5) is 36.8. The van der Waals surface area contributed by atoms with Gasteiger partial charge in [-0.05, 0) is 41.1 Å². The first-order valence-corrected chi connectivity index (χ1v) is 9.33. The third kappa shape index (κ3) is 4.04. The molecule has 0 bridgehead atoms. The molecule has 1 aliphatic heterocycles. The quantitative estimate of drug-likeness (QED) is 0.377. The van der Waals surface area contributed by atoms with Crippen LogP contribution >= 0.6 is 27.7 Å². The van der Waals surface area contributed by atoms with Gasteiger partial charge in [0.05, 0.1) is 23.5 Å². The van der Waals surface area contributed by atoms with Gasteiger partial charge < -0.3 is 4.74 Å². The molecular weight excluding hydrogens is 436 g/mol. The Bertz CT molecular complexity index is 976. The van der Waals surface area contributed by atoms with Crippen LogP contribution in [0.5, 0.6) is 5.75 Å². The van der Waals surface area contributed by atoms with E-state index in [1.54, 1.807) is 6.07 Å². The number of benzene rings is 2. The molecular formula is C18H13BrN2O5S. The van der Waals surface area contributed by atoms with E-state index in [9.17, 15) is 19.7 Å². The predicted octanol–water partition coefficient (Wildman–Crippen LogP) is 4.60. The molecule has 2 aromatic carbocycles. The van der Waals surface area contributed by atoms with Crippen molar-refractivity contribution in [2.24, 2.45) is 0 Å². The van der Waals surface area contributed by atoms with E-state index in [2.05, 4.69) is 15.9 Å². The molecule has 2 aromatic rings. The summed E-state index contributed by atoms with van der Waals surface area (Å²) in [5, 5.41) is 10.8. The predicted molar refractivity (Wildman–Crippen MR) is 105 cm³/mol. The molecule has 3 rings (SSSR count). The lowest BCUT2D eigenvalue weighted by Gasteiger charge is -2.13. The first-order chi connectivity index (χ1) is 12.9. The van der Waals surface area contributed by atoms with Crippen LogP contribution in [0.3, 0.4) is 0 Å². The maximum absolute atomic E-state index is 12.6. The van der Waals surface area contributed by atoms with Crippen LogP contribution in [0, 0.1) is 10.1 Å². The van der Waals surface area contributed by atoms with E-state index >= 15 is 0 Å². The number of amides is 2. The zero-order valence-corrected chi connectivity index (χ0v) is 16.5. The number of nitro groups is 1. The molecule has 7 nitrogen and oxygen atoms in total. The molecule has 1 saturated heterocycles. The van der Waals surface area contributed by atoms with Gasteiger partial charge in [0.25, 0.3) is 11.1 Å². The molecule has 9 heteroatoms. The summed E-state index contributed by atoms with van der Waals surface area (Å²) < 4.78 is 5.77. The maximum atomic E-state index is 12.6. The van der Waals surface area contributed by atoms with E-state index in [1.165, 1.54) is 25.3 Å². The maximum Gasteiger partial charge on any atom is 0.311 e. The Morgan fingerprint density at radius 2 is 2.00 bits per heavy atom. The van der Waals surface area contributed by atoms with E-state index in [0.717, 1.165) is 26.7 Å². The molecule has 138 valence electrons. The van der Waals surface area contributed by atoms with Crippen molar-refractivity contribution in [3.05, 3.63) is 73.1 Å². The van der Waals surface area contributed by atoms with E-state index in [4.69, 9.17) is 4.74 Å². The molecule has 27 heavy (non-hydrogen) atoms. The number of nitrogens with zero attached hydrogens (tertiary/aromatic N) is 2. The van der Waals surface area contributed by atoms with E-state index in [1.807, 2.05) is 24.3 Å². The van der Waals surface area contributed by atoms with Gasteiger partial charge in [-0.15, -0.1) is 0 Å². The third-order valence-corrected chi connectivity index (χ3v) is 5.54. The van der Waals surface area contributed by atoms with Gasteiger partial charge in [0, 0.05) is 10.5 Å². The van der Waals surface area contributed by atoms with Gasteiger partial charge in [-0.2, -0.15) is 0 Å². The number of rotatable bonds is 5. The third-order valence-electron chi connectivity index (χ3n) is 3.86. The monoisotopic (exact) mass is 448 g/mol. The molecule has 0 spiro atoms. The van der Waals surface area contributed by atoms with Crippen molar-refractivity contribution < 1.29 is 19.2 Å². The highest BCUT2D eigenvalue weighted by Crippen LogP contribution is 2.35. The van der Waals surface area contributed by atoms with Crippen LogP contribution in [0.15, 0.2) is 51.8 Å². The van der Waals surface area contributed by atoms with Gasteiger partial charge >= 0.3 is 5.69 Å². The van der Waals surface area contributed by atoms with Crippen LogP contribution in [-0.4, -0.2) is 28.1 Å². The smallest absolute Gasteiger partial charge is 0.311 e. The minimum Gasteiger partial charge on any atom is -0.490 e. The van der Waals surface area contributed by atoms with E-state index in [-0.39, 0.29) is 28.1 Å². The van der Waals surface area contributed by atoms with Crippen LogP contribution < -0.4 is 4.74 Å². The van der Waals surface area contributed by atoms with E-state index in [0.29, 0.717) is 5.56 Å². The first kappa shape index (κ1) is 19.1. The SMILES string of the molecule is COc1ccc(/C=C2\SC(=O)N(Cc3ccccc3Br)C2=O)cc1[N+](=O)[O-]. The van der Waals surface area contributed by atoms with Crippen LogP contribution in [0.4, 0.5) is 10.5 Å². The minimum absolute atomic E-state index is 0.124. The number of ether oxygens (including phenoxy) is 1. The summed E-state index contributed by atoms with van der Waals surface area (Å²) in [5.41, 5.74) is 1.04. The van der Waals surface area contributed by atoms with Gasteiger partial charge in [0.2, 0.25) is 0 Å². The van der Waals surface area contributed by atoms with Crippen molar-refractivity contribution in [2.75, 3.05) is 7.11 Å². The van der Waals surface area contributed by atoms with E-state index < -0.39 is 10.8 Å². The summed E-state index contributed by atoms with van der Waals surface area (Å²) in [6.45, 7) is 0.145. The molecule has 1 heterocycles. The highest BCUT2D eigenvalue weighted by molar-refractivity contribution is 9.10. The van der Waals surface area contributed by atoms with Gasteiger partial charge in [0.1, 0.15) is 0 Å². The Balaban J connectivity index is 1.87. The molecule has 0 saturated carbocycles. The van der Waals surface area contributed by atoms with Crippen molar-refractivity contribution in [1.29, 1.82) is 0 Å². The van der Waals surface area contributed by atoms with Gasteiger partial charge in [0.15, 0.2) is 5.75 Å². The highest BCUT2D eigenvalue weighted by Gasteiger charge is 2.35. The Morgan fingerprint density at radius 3 is 2.67 bits per heavy atom. The number of imide groups is 1. The van der Waals surface area contributed by atoms with Gasteiger partial charge in [-0.25, -0.2) is 0 Å². The lowest BCUT2D eigenvalue weighted by atomic mass is 10.1. The number of halogens is 1. The molecule has 0 aromatic heterocycles. The standard InChI is InChI=1S/C18H13BrN2O5S/c1-26-15-7-6-11(8-14(15)21(24)25)9-16-17(22)20(18(23)27-16)10-12-4-2-3-5-13(12)19/h2-9H,10H2,1H3/b16-9-. The number of hydrogen-bond acceptors (Lipinski definition) is 6. The highest BCUT2D eigenvalue weighted by atomic mass is 79.9. The summed E-state index contributed by atoms with van der Waals surface area (Å²) in [6, 6.07) is 11.7. The Morgan fingerprint density at radius 1 is 1.26 bits per heavy atom. The summed E-state index contributed by atoms with van der Waals surface area (Å²) in [6.07, 6.45) is 1.47. The average Bonchev–Trinajstić information content (AvgIpc) is 2.90. The lowest BCUT2D eigenvalue weighted by Crippen LogP contribution is -2.27. The fraction of sp³-hybridized carbons (Fsp3) is 0.111. The van der Waals surface area contributed by atoms with Crippen LogP contribution in [0.25, 0.3) is 6.08 Å². The molecule has 0 atom stereocenters. The number of carbonyl (C=O) groups is 2. The second kappa shape index (κ2) is 7.93. The zero-order valence-electron chi connectivity index (χ0n) is 14.0. The molecule has 0 aliphatic carbocycles. The second-order valence-corrected chi connectivity index (χ2v) is 7.40. The fourth-order valence-electron chi connectivity index (χ4n) is 2.52. The fourth-order valence-corrected chi connectivity index (χ4v) is 3.77. The molecule has 0 unspecified atom stereocenters. The number of carbonyl (C=O) groups excluding carboxylic acids is 2. The summed E-state index contributed by atoms with van der Waals surface area (Å²) >= 11 is 4.21. The van der Waals surface area contributed by atoms with Crippen LogP contribution in [-0.2, 0) is 11.3 Å². The van der Waals surface area contributed by atoms with Crippen LogP contribution in [0.2, 0.25) is 0 Å². The number of nitro benzene ring substituents is 1. The Hall–Kier alpha value is -2.65. The van der Waals surface area contributed by atoms with Crippen molar-refractivity contribution in [3.63, 3.8) is 0 Å². The van der Waals surface area contributed by atoms with Gasteiger partial charge in [-0.3, -0.25) is 24.6 Å². The molecule has 0 N–H and O–H groups in total.